The number of aromatic nitrogens is 4. The van der Waals surface area contributed by atoms with Crippen molar-refractivity contribution in [3.63, 3.8) is 0 Å². The quantitative estimate of drug-likeness (QED) is 0.414. The van der Waals surface area contributed by atoms with Crippen LogP contribution in [0.3, 0.4) is 0 Å². The number of hydrogen-bond donors (Lipinski definition) is 0. The molecule has 0 aliphatic rings. The van der Waals surface area contributed by atoms with Crippen molar-refractivity contribution in [1.82, 2.24) is 20.3 Å². The fourth-order valence-electron chi connectivity index (χ4n) is 2.67. The lowest BCUT2D eigenvalue weighted by molar-refractivity contribution is 0.341. The number of aryl methyl sites for hydroxylation is 1. The van der Waals surface area contributed by atoms with E-state index in [0.29, 0.717) is 35.2 Å². The first-order chi connectivity index (χ1) is 13.7. The van der Waals surface area contributed by atoms with Gasteiger partial charge in [-0.2, -0.15) is 4.98 Å². The summed E-state index contributed by atoms with van der Waals surface area (Å²) in [7, 11) is 0. The first-order valence-corrected chi connectivity index (χ1v) is 9.80. The van der Waals surface area contributed by atoms with Crippen molar-refractivity contribution < 1.29 is 13.7 Å². The molecule has 142 valence electrons. The van der Waals surface area contributed by atoms with Gasteiger partial charge in [0, 0.05) is 5.56 Å². The van der Waals surface area contributed by atoms with Gasteiger partial charge in [0.15, 0.2) is 0 Å². The minimum absolute atomic E-state index is 0.430. The fraction of sp³-hybridized carbons (Fsp3) is 0.200. The van der Waals surface area contributed by atoms with Crippen molar-refractivity contribution in [1.29, 1.82) is 0 Å². The van der Waals surface area contributed by atoms with Crippen molar-refractivity contribution in [2.24, 2.45) is 0 Å². The van der Waals surface area contributed by atoms with E-state index in [0.717, 1.165) is 22.4 Å². The van der Waals surface area contributed by atoms with Gasteiger partial charge in [-0.05, 0) is 37.6 Å². The van der Waals surface area contributed by atoms with Gasteiger partial charge in [0.05, 0.1) is 17.9 Å². The summed E-state index contributed by atoms with van der Waals surface area (Å²) in [6, 6.07) is 15.5. The van der Waals surface area contributed by atoms with Gasteiger partial charge < -0.3 is 13.7 Å². The predicted molar refractivity (Wildman–Crippen MR) is 105 cm³/mol. The summed E-state index contributed by atoms with van der Waals surface area (Å²) in [6.45, 7) is 4.51. The Hall–Kier alpha value is -3.13. The lowest BCUT2D eigenvalue weighted by Crippen LogP contribution is -1.94. The van der Waals surface area contributed by atoms with Crippen molar-refractivity contribution >= 4 is 11.8 Å². The molecular weight excluding hydrogens is 376 g/mol. The Labute approximate surface area is 166 Å². The summed E-state index contributed by atoms with van der Waals surface area (Å²) >= 11 is 1.35. The highest BCUT2D eigenvalue weighted by atomic mass is 32.2. The summed E-state index contributed by atoms with van der Waals surface area (Å²) < 4.78 is 16.7. The lowest BCUT2D eigenvalue weighted by atomic mass is 10.1. The predicted octanol–water partition coefficient (Wildman–Crippen LogP) is 4.79. The molecule has 0 radical (unpaired) electrons. The molecule has 28 heavy (non-hydrogen) atoms. The molecule has 0 unspecified atom stereocenters. The Morgan fingerprint density at radius 3 is 2.61 bits per heavy atom. The molecule has 2 heterocycles. The van der Waals surface area contributed by atoms with Crippen molar-refractivity contribution in [2.45, 2.75) is 24.8 Å². The maximum Gasteiger partial charge on any atom is 0.277 e. The van der Waals surface area contributed by atoms with Crippen LogP contribution in [0.2, 0.25) is 0 Å². The number of ether oxygens (including phenoxy) is 1. The SMILES string of the molecule is CCOc1ccccc1-c1noc(CSc2nnc(-c3ccccc3C)o2)n1. The molecule has 0 fully saturated rings. The van der Waals surface area contributed by atoms with E-state index in [-0.39, 0.29) is 0 Å². The molecule has 0 spiro atoms. The fourth-order valence-corrected chi connectivity index (χ4v) is 3.27. The Bertz CT molecular complexity index is 1080. The number of para-hydroxylation sites is 1. The number of hydrogen-bond acceptors (Lipinski definition) is 8. The summed E-state index contributed by atoms with van der Waals surface area (Å²) in [5.74, 6) is 2.62. The minimum atomic E-state index is 0.430. The molecule has 0 aliphatic heterocycles. The van der Waals surface area contributed by atoms with E-state index in [9.17, 15) is 0 Å². The molecule has 0 saturated heterocycles. The highest BCUT2D eigenvalue weighted by molar-refractivity contribution is 7.98. The molecule has 8 heteroatoms. The van der Waals surface area contributed by atoms with E-state index in [1.165, 1.54) is 11.8 Å². The van der Waals surface area contributed by atoms with E-state index < -0.39 is 0 Å². The molecule has 0 bridgehead atoms. The summed E-state index contributed by atoms with van der Waals surface area (Å²) in [5, 5.41) is 12.7. The summed E-state index contributed by atoms with van der Waals surface area (Å²) in [6.07, 6.45) is 0. The number of thioether (sulfide) groups is 1. The standard InChI is InChI=1S/C20H18N4O3S/c1-3-25-16-11-7-6-10-15(16)18-21-17(27-24-18)12-28-20-23-22-19(26-20)14-9-5-4-8-13(14)2/h4-11H,3,12H2,1-2H3. The smallest absolute Gasteiger partial charge is 0.277 e. The first-order valence-electron chi connectivity index (χ1n) is 8.81. The molecule has 2 aromatic heterocycles. The summed E-state index contributed by atoms with van der Waals surface area (Å²) in [4.78, 5) is 4.45. The Balaban J connectivity index is 1.45. The maximum atomic E-state index is 5.75. The lowest BCUT2D eigenvalue weighted by Gasteiger charge is -2.05. The van der Waals surface area contributed by atoms with E-state index in [4.69, 9.17) is 13.7 Å². The topological polar surface area (TPSA) is 87.1 Å². The first kappa shape index (κ1) is 18.2. The number of rotatable bonds is 7. The summed E-state index contributed by atoms with van der Waals surface area (Å²) in [5.41, 5.74) is 2.80. The normalized spacial score (nSPS) is 10.9. The second-order valence-corrected chi connectivity index (χ2v) is 6.84. The average molecular weight is 394 g/mol. The maximum absolute atomic E-state index is 5.75. The average Bonchev–Trinajstić information content (AvgIpc) is 3.37. The highest BCUT2D eigenvalue weighted by Crippen LogP contribution is 2.30. The molecule has 2 aromatic carbocycles. The third kappa shape index (κ3) is 3.91. The molecule has 7 nitrogen and oxygen atoms in total. The van der Waals surface area contributed by atoms with Crippen LogP contribution in [0.15, 0.2) is 62.7 Å². The zero-order valence-corrected chi connectivity index (χ0v) is 16.3. The van der Waals surface area contributed by atoms with E-state index in [1.54, 1.807) is 0 Å². The third-order valence-corrected chi connectivity index (χ3v) is 4.80. The second-order valence-electron chi connectivity index (χ2n) is 5.92. The van der Waals surface area contributed by atoms with Crippen LogP contribution in [0.25, 0.3) is 22.8 Å². The molecule has 0 atom stereocenters. The van der Waals surface area contributed by atoms with Crippen LogP contribution in [-0.4, -0.2) is 26.9 Å². The third-order valence-electron chi connectivity index (χ3n) is 4.00. The Kier molecular flexibility index (Phi) is 5.38. The second kappa shape index (κ2) is 8.26. The zero-order valence-electron chi connectivity index (χ0n) is 15.5. The van der Waals surface area contributed by atoms with Gasteiger partial charge in [0.1, 0.15) is 5.75 Å². The van der Waals surface area contributed by atoms with Gasteiger partial charge in [-0.3, -0.25) is 0 Å². The molecular formula is C20H18N4O3S. The monoisotopic (exact) mass is 394 g/mol. The minimum Gasteiger partial charge on any atom is -0.493 e. The van der Waals surface area contributed by atoms with Gasteiger partial charge in [0.2, 0.25) is 17.6 Å². The Morgan fingerprint density at radius 1 is 1.00 bits per heavy atom. The van der Waals surface area contributed by atoms with E-state index >= 15 is 0 Å². The van der Waals surface area contributed by atoms with E-state index in [1.807, 2.05) is 62.4 Å². The zero-order chi connectivity index (χ0) is 19.3. The number of nitrogens with zero attached hydrogens (tertiary/aromatic N) is 4. The van der Waals surface area contributed by atoms with Gasteiger partial charge in [-0.15, -0.1) is 10.2 Å². The van der Waals surface area contributed by atoms with Gasteiger partial charge in [-0.1, -0.05) is 47.3 Å². The van der Waals surface area contributed by atoms with Crippen LogP contribution in [0.5, 0.6) is 5.75 Å². The van der Waals surface area contributed by atoms with Crippen LogP contribution in [0.1, 0.15) is 18.4 Å². The van der Waals surface area contributed by atoms with Crippen LogP contribution in [-0.2, 0) is 5.75 Å². The van der Waals surface area contributed by atoms with Crippen LogP contribution < -0.4 is 4.74 Å². The molecule has 0 saturated carbocycles. The van der Waals surface area contributed by atoms with Crippen LogP contribution >= 0.6 is 11.8 Å². The molecule has 0 N–H and O–H groups in total. The van der Waals surface area contributed by atoms with Crippen molar-refractivity contribution in [3.8, 4) is 28.6 Å². The van der Waals surface area contributed by atoms with Crippen LogP contribution in [0.4, 0.5) is 0 Å². The molecule has 4 rings (SSSR count). The van der Waals surface area contributed by atoms with Crippen molar-refractivity contribution in [3.05, 3.63) is 60.0 Å². The van der Waals surface area contributed by atoms with E-state index in [2.05, 4.69) is 20.3 Å². The molecule has 0 aliphatic carbocycles. The molecule has 4 aromatic rings. The molecule has 0 amide bonds. The van der Waals surface area contributed by atoms with Gasteiger partial charge in [-0.25, -0.2) is 0 Å². The van der Waals surface area contributed by atoms with Gasteiger partial charge >= 0.3 is 0 Å². The largest absolute Gasteiger partial charge is 0.493 e. The van der Waals surface area contributed by atoms with Crippen LogP contribution in [0, 0.1) is 6.92 Å². The highest BCUT2D eigenvalue weighted by Gasteiger charge is 2.15. The Morgan fingerprint density at radius 2 is 1.79 bits per heavy atom. The number of benzene rings is 2. The van der Waals surface area contributed by atoms with Crippen molar-refractivity contribution in [2.75, 3.05) is 6.61 Å². The van der Waals surface area contributed by atoms with Gasteiger partial charge in [0.25, 0.3) is 5.22 Å².